The lowest BCUT2D eigenvalue weighted by Crippen LogP contribution is -2.17. The van der Waals surface area contributed by atoms with Crippen molar-refractivity contribution in [3.8, 4) is 0 Å². The lowest BCUT2D eigenvalue weighted by Gasteiger charge is -2.07. The molecule has 5 nitrogen and oxygen atoms in total. The van der Waals surface area contributed by atoms with Crippen LogP contribution < -0.4 is 11.1 Å². The topological polar surface area (TPSA) is 77.1 Å². The molecule has 2 aromatic carbocycles. The predicted octanol–water partition coefficient (Wildman–Crippen LogP) is 4.23. The Labute approximate surface area is 153 Å². The molecular formula is C20H15N3O2S. The summed E-state index contributed by atoms with van der Waals surface area (Å²) in [6, 6.07) is 19.9. The van der Waals surface area contributed by atoms with E-state index in [1.165, 1.54) is 15.9 Å². The Hall–Kier alpha value is -3.38. The monoisotopic (exact) mass is 361 g/mol. The van der Waals surface area contributed by atoms with Gasteiger partial charge in [0.15, 0.2) is 0 Å². The van der Waals surface area contributed by atoms with Crippen molar-refractivity contribution >= 4 is 45.6 Å². The molecule has 4 rings (SSSR count). The zero-order valence-electron chi connectivity index (χ0n) is 13.7. The van der Waals surface area contributed by atoms with Gasteiger partial charge in [-0.3, -0.25) is 14.2 Å². The number of aromatic nitrogens is 1. The molecule has 0 fully saturated rings. The number of thiophene rings is 1. The minimum absolute atomic E-state index is 0.137. The molecule has 1 amide bonds. The SMILES string of the molecule is Nc1c(C(=O)Nc2ccccc2)c2ccccc2n1C(=O)c1cccs1. The van der Waals surface area contributed by atoms with Crippen LogP contribution in [0.25, 0.3) is 10.9 Å². The molecule has 0 saturated carbocycles. The zero-order chi connectivity index (χ0) is 18.1. The van der Waals surface area contributed by atoms with Crippen molar-refractivity contribution in [2.75, 3.05) is 11.1 Å². The molecule has 0 aliphatic heterocycles. The maximum Gasteiger partial charge on any atom is 0.274 e. The van der Waals surface area contributed by atoms with Crippen LogP contribution >= 0.6 is 11.3 Å². The van der Waals surface area contributed by atoms with Crippen LogP contribution in [0.2, 0.25) is 0 Å². The number of carbonyl (C=O) groups is 2. The van der Waals surface area contributed by atoms with Crippen LogP contribution in [0.3, 0.4) is 0 Å². The summed E-state index contributed by atoms with van der Waals surface area (Å²) in [5.41, 5.74) is 7.84. The molecular weight excluding hydrogens is 346 g/mol. The first-order valence-corrected chi connectivity index (χ1v) is 8.88. The van der Waals surface area contributed by atoms with E-state index < -0.39 is 0 Å². The Morgan fingerprint density at radius 3 is 2.38 bits per heavy atom. The lowest BCUT2D eigenvalue weighted by molar-refractivity contribution is 0.0971. The van der Waals surface area contributed by atoms with Gasteiger partial charge in [-0.25, -0.2) is 0 Å². The van der Waals surface area contributed by atoms with E-state index in [4.69, 9.17) is 5.73 Å². The van der Waals surface area contributed by atoms with Crippen molar-refractivity contribution in [3.63, 3.8) is 0 Å². The fourth-order valence-corrected chi connectivity index (χ4v) is 3.60. The molecule has 0 aliphatic carbocycles. The lowest BCUT2D eigenvalue weighted by atomic mass is 10.1. The minimum Gasteiger partial charge on any atom is -0.384 e. The van der Waals surface area contributed by atoms with Crippen molar-refractivity contribution in [1.29, 1.82) is 0 Å². The van der Waals surface area contributed by atoms with Crippen molar-refractivity contribution in [3.05, 3.63) is 82.6 Å². The summed E-state index contributed by atoms with van der Waals surface area (Å²) in [6.07, 6.45) is 0. The van der Waals surface area contributed by atoms with Crippen LogP contribution in [-0.4, -0.2) is 16.4 Å². The van der Waals surface area contributed by atoms with Gasteiger partial charge in [0.1, 0.15) is 5.82 Å². The number of carbonyl (C=O) groups excluding carboxylic acids is 2. The Morgan fingerprint density at radius 2 is 1.65 bits per heavy atom. The van der Waals surface area contributed by atoms with Gasteiger partial charge >= 0.3 is 0 Å². The van der Waals surface area contributed by atoms with Crippen molar-refractivity contribution in [2.24, 2.45) is 0 Å². The second-order valence-electron chi connectivity index (χ2n) is 5.72. The average molecular weight is 361 g/mol. The average Bonchev–Trinajstić information content (AvgIpc) is 3.28. The number of nitrogens with two attached hydrogens (primary N) is 1. The number of benzene rings is 2. The second-order valence-corrected chi connectivity index (χ2v) is 6.66. The summed E-state index contributed by atoms with van der Waals surface area (Å²) in [4.78, 5) is 26.3. The summed E-state index contributed by atoms with van der Waals surface area (Å²) in [5.74, 6) is -0.451. The summed E-state index contributed by atoms with van der Waals surface area (Å²) < 4.78 is 1.40. The summed E-state index contributed by atoms with van der Waals surface area (Å²) in [5, 5.41) is 5.31. The fourth-order valence-electron chi connectivity index (χ4n) is 2.94. The van der Waals surface area contributed by atoms with Crippen LogP contribution in [0, 0.1) is 0 Å². The molecule has 0 unspecified atom stereocenters. The Balaban J connectivity index is 1.84. The molecule has 0 saturated heterocycles. The smallest absolute Gasteiger partial charge is 0.274 e. The number of amides is 1. The third-order valence-electron chi connectivity index (χ3n) is 4.11. The van der Waals surface area contributed by atoms with Gasteiger partial charge in [-0.05, 0) is 29.6 Å². The molecule has 0 spiro atoms. The van der Waals surface area contributed by atoms with Crippen molar-refractivity contribution in [2.45, 2.75) is 0 Å². The number of para-hydroxylation sites is 2. The van der Waals surface area contributed by atoms with Gasteiger partial charge in [-0.15, -0.1) is 11.3 Å². The van der Waals surface area contributed by atoms with Crippen LogP contribution in [0.1, 0.15) is 20.0 Å². The Morgan fingerprint density at radius 1 is 0.923 bits per heavy atom. The third kappa shape index (κ3) is 2.66. The first kappa shape index (κ1) is 16.1. The number of fused-ring (bicyclic) bond motifs is 1. The van der Waals surface area contributed by atoms with Crippen LogP contribution in [0.5, 0.6) is 0 Å². The standard InChI is InChI=1S/C20H15N3O2S/c21-18-17(19(24)22-13-7-2-1-3-8-13)14-9-4-5-10-15(14)23(18)20(25)16-11-6-12-26-16/h1-12H,21H2,(H,22,24). The first-order valence-electron chi connectivity index (χ1n) is 8.00. The van der Waals surface area contributed by atoms with Gasteiger partial charge in [0.25, 0.3) is 11.8 Å². The molecule has 3 N–H and O–H groups in total. The molecule has 0 radical (unpaired) electrons. The van der Waals surface area contributed by atoms with Gasteiger partial charge in [-0.2, -0.15) is 0 Å². The van der Waals surface area contributed by atoms with Crippen molar-refractivity contribution in [1.82, 2.24) is 4.57 Å². The largest absolute Gasteiger partial charge is 0.384 e. The van der Waals surface area contributed by atoms with Gasteiger partial charge < -0.3 is 11.1 Å². The number of nitrogen functional groups attached to an aromatic ring is 1. The highest BCUT2D eigenvalue weighted by molar-refractivity contribution is 7.12. The highest BCUT2D eigenvalue weighted by atomic mass is 32.1. The molecule has 0 atom stereocenters. The fraction of sp³-hybridized carbons (Fsp3) is 0. The molecule has 4 aromatic rings. The first-order chi connectivity index (χ1) is 12.7. The van der Waals surface area contributed by atoms with E-state index in [9.17, 15) is 9.59 Å². The van der Waals surface area contributed by atoms with Crippen LogP contribution in [0.4, 0.5) is 11.5 Å². The molecule has 2 heterocycles. The van der Waals surface area contributed by atoms with Crippen LogP contribution in [0.15, 0.2) is 72.1 Å². The number of nitrogens with one attached hydrogen (secondary N) is 1. The zero-order valence-corrected chi connectivity index (χ0v) is 14.5. The van der Waals surface area contributed by atoms with Crippen molar-refractivity contribution < 1.29 is 9.59 Å². The molecule has 0 bridgehead atoms. The molecule has 6 heteroatoms. The van der Waals surface area contributed by atoms with Gasteiger partial charge in [0.05, 0.1) is 16.0 Å². The van der Waals surface area contributed by atoms with E-state index in [0.29, 0.717) is 27.0 Å². The Bertz CT molecular complexity index is 1100. The number of hydrogen-bond acceptors (Lipinski definition) is 4. The maximum absolute atomic E-state index is 12.9. The summed E-state index contributed by atoms with van der Waals surface area (Å²) in [6.45, 7) is 0. The highest BCUT2D eigenvalue weighted by Crippen LogP contribution is 2.30. The maximum atomic E-state index is 12.9. The van der Waals surface area contributed by atoms with E-state index in [2.05, 4.69) is 5.32 Å². The number of nitrogens with zero attached hydrogens (tertiary/aromatic N) is 1. The summed E-state index contributed by atoms with van der Waals surface area (Å²) in [7, 11) is 0. The summed E-state index contributed by atoms with van der Waals surface area (Å²) >= 11 is 1.34. The highest BCUT2D eigenvalue weighted by Gasteiger charge is 2.24. The van der Waals surface area contributed by atoms with E-state index >= 15 is 0 Å². The predicted molar refractivity (Wildman–Crippen MR) is 105 cm³/mol. The molecule has 26 heavy (non-hydrogen) atoms. The quantitative estimate of drug-likeness (QED) is 0.573. The number of hydrogen-bond donors (Lipinski definition) is 2. The minimum atomic E-state index is -0.345. The molecule has 128 valence electrons. The van der Waals surface area contributed by atoms with E-state index in [0.717, 1.165) is 0 Å². The number of rotatable bonds is 3. The van der Waals surface area contributed by atoms with Gasteiger partial charge in [-0.1, -0.05) is 42.5 Å². The number of anilines is 2. The molecule has 0 aliphatic rings. The van der Waals surface area contributed by atoms with Gasteiger partial charge in [0.2, 0.25) is 0 Å². The van der Waals surface area contributed by atoms with E-state index in [-0.39, 0.29) is 17.6 Å². The normalized spacial score (nSPS) is 10.8. The van der Waals surface area contributed by atoms with Crippen LogP contribution in [-0.2, 0) is 0 Å². The Kier molecular flexibility index (Phi) is 4.02. The molecule has 2 aromatic heterocycles. The third-order valence-corrected chi connectivity index (χ3v) is 4.96. The van der Waals surface area contributed by atoms with E-state index in [1.807, 2.05) is 41.8 Å². The second kappa shape index (κ2) is 6.50. The van der Waals surface area contributed by atoms with Gasteiger partial charge in [0, 0.05) is 11.1 Å². The van der Waals surface area contributed by atoms with E-state index in [1.54, 1.807) is 30.3 Å².